The van der Waals surface area contributed by atoms with Gasteiger partial charge >= 0.3 is 11.7 Å². The summed E-state index contributed by atoms with van der Waals surface area (Å²) in [5, 5.41) is 22.9. The summed E-state index contributed by atoms with van der Waals surface area (Å²) in [4.78, 5) is 25.3. The van der Waals surface area contributed by atoms with E-state index in [-0.39, 0.29) is 17.3 Å². The Morgan fingerprint density at radius 1 is 1.67 bits per heavy atom. The fourth-order valence-corrected chi connectivity index (χ4v) is 1.91. The molecule has 1 aromatic rings. The fourth-order valence-electron chi connectivity index (χ4n) is 1.91. The van der Waals surface area contributed by atoms with Crippen LogP contribution in [0.2, 0.25) is 0 Å². The molecule has 1 aromatic heterocycles. The maximum Gasteiger partial charge on any atom is 0.329 e. The van der Waals surface area contributed by atoms with Crippen LogP contribution in [0.15, 0.2) is 18.5 Å². The number of aromatic nitrogens is 1. The highest BCUT2D eigenvalue weighted by molar-refractivity contribution is 5.84. The van der Waals surface area contributed by atoms with Crippen molar-refractivity contribution in [3.8, 4) is 0 Å². The van der Waals surface area contributed by atoms with Crippen LogP contribution in [0, 0.1) is 16.0 Å². The highest BCUT2D eigenvalue weighted by atomic mass is 16.6. The molecule has 0 radical (unpaired) electrons. The number of nitro groups is 1. The summed E-state index contributed by atoms with van der Waals surface area (Å²) in [5.41, 5.74) is -1.20. The lowest BCUT2D eigenvalue weighted by Crippen LogP contribution is -2.45. The number of hydrogen-bond acceptors (Lipinski definition) is 5. The Bertz CT molecular complexity index is 501. The molecule has 7 nitrogen and oxygen atoms in total. The monoisotopic (exact) mass is 251 g/mol. The van der Waals surface area contributed by atoms with Crippen molar-refractivity contribution >= 4 is 17.3 Å². The third-order valence-corrected chi connectivity index (χ3v) is 3.23. The molecule has 1 saturated carbocycles. The molecule has 0 amide bonds. The molecule has 1 unspecified atom stereocenters. The van der Waals surface area contributed by atoms with Crippen LogP contribution in [-0.4, -0.2) is 26.5 Å². The molecule has 2 rings (SSSR count). The van der Waals surface area contributed by atoms with Crippen molar-refractivity contribution in [3.63, 3.8) is 0 Å². The second-order valence-electron chi connectivity index (χ2n) is 4.56. The summed E-state index contributed by atoms with van der Waals surface area (Å²) in [6.07, 6.45) is 4.13. The van der Waals surface area contributed by atoms with Gasteiger partial charge in [0.1, 0.15) is 17.4 Å². The zero-order valence-electron chi connectivity index (χ0n) is 9.79. The zero-order valence-corrected chi connectivity index (χ0v) is 9.79. The van der Waals surface area contributed by atoms with Gasteiger partial charge < -0.3 is 10.4 Å². The average molecular weight is 251 g/mol. The Morgan fingerprint density at radius 3 is 2.83 bits per heavy atom. The minimum atomic E-state index is -1.17. The standard InChI is InChI=1S/C11H13N3O4/c1-11(10(15)16,7-2-3-7)13-8-4-5-12-6-9(8)14(17)18/h4-7H,2-3H2,1H3,(H,12,13)(H,15,16). The van der Waals surface area contributed by atoms with E-state index in [2.05, 4.69) is 10.3 Å². The van der Waals surface area contributed by atoms with Crippen molar-refractivity contribution < 1.29 is 14.8 Å². The number of carboxylic acids is 1. The topological polar surface area (TPSA) is 105 Å². The second-order valence-corrected chi connectivity index (χ2v) is 4.56. The molecule has 0 spiro atoms. The molecule has 1 atom stereocenters. The lowest BCUT2D eigenvalue weighted by Gasteiger charge is -2.26. The first-order chi connectivity index (χ1) is 8.45. The Balaban J connectivity index is 2.32. The van der Waals surface area contributed by atoms with E-state index in [0.717, 1.165) is 19.0 Å². The van der Waals surface area contributed by atoms with Gasteiger partial charge in [-0.1, -0.05) is 0 Å². The van der Waals surface area contributed by atoms with Gasteiger partial charge in [-0.15, -0.1) is 0 Å². The van der Waals surface area contributed by atoms with E-state index < -0.39 is 16.4 Å². The van der Waals surface area contributed by atoms with Crippen LogP contribution in [0.3, 0.4) is 0 Å². The Labute approximate surface area is 103 Å². The Kier molecular flexibility index (Phi) is 2.90. The number of nitrogens with zero attached hydrogens (tertiary/aromatic N) is 2. The quantitative estimate of drug-likeness (QED) is 0.609. The largest absolute Gasteiger partial charge is 0.480 e. The van der Waals surface area contributed by atoms with E-state index in [9.17, 15) is 20.0 Å². The summed E-state index contributed by atoms with van der Waals surface area (Å²) >= 11 is 0. The number of hydrogen-bond donors (Lipinski definition) is 2. The first kappa shape index (κ1) is 12.3. The van der Waals surface area contributed by atoms with Gasteiger partial charge in [0.2, 0.25) is 0 Å². The summed E-state index contributed by atoms with van der Waals surface area (Å²) in [6, 6.07) is 1.42. The molecule has 1 heterocycles. The number of pyridine rings is 1. The maximum atomic E-state index is 11.3. The number of aliphatic carboxylic acids is 1. The molecule has 18 heavy (non-hydrogen) atoms. The predicted molar refractivity (Wildman–Crippen MR) is 63.3 cm³/mol. The lowest BCUT2D eigenvalue weighted by molar-refractivity contribution is -0.384. The minimum absolute atomic E-state index is 0.00256. The van der Waals surface area contributed by atoms with E-state index in [0.29, 0.717) is 0 Å². The zero-order chi connectivity index (χ0) is 13.3. The molecule has 1 fully saturated rings. The van der Waals surface area contributed by atoms with E-state index in [4.69, 9.17) is 0 Å². The number of anilines is 1. The predicted octanol–water partition coefficient (Wildman–Crippen LogP) is 1.65. The van der Waals surface area contributed by atoms with Crippen molar-refractivity contribution in [1.29, 1.82) is 0 Å². The van der Waals surface area contributed by atoms with Crippen molar-refractivity contribution in [1.82, 2.24) is 4.98 Å². The third kappa shape index (κ3) is 2.11. The van der Waals surface area contributed by atoms with E-state index in [1.54, 1.807) is 6.92 Å². The van der Waals surface area contributed by atoms with Gasteiger partial charge in [0.25, 0.3) is 0 Å². The molecule has 96 valence electrons. The smallest absolute Gasteiger partial charge is 0.329 e. The highest BCUT2D eigenvalue weighted by Crippen LogP contribution is 2.42. The average Bonchev–Trinajstić information content (AvgIpc) is 3.13. The Morgan fingerprint density at radius 2 is 2.33 bits per heavy atom. The van der Waals surface area contributed by atoms with Gasteiger partial charge in [0.15, 0.2) is 0 Å². The summed E-state index contributed by atoms with van der Waals surface area (Å²) in [6.45, 7) is 1.55. The fraction of sp³-hybridized carbons (Fsp3) is 0.455. The van der Waals surface area contributed by atoms with Gasteiger partial charge in [0, 0.05) is 6.20 Å². The molecule has 1 aliphatic rings. The van der Waals surface area contributed by atoms with E-state index in [1.165, 1.54) is 12.3 Å². The number of carbonyl (C=O) groups is 1. The normalized spacial score (nSPS) is 17.8. The Hall–Kier alpha value is -2.18. The minimum Gasteiger partial charge on any atom is -0.480 e. The van der Waals surface area contributed by atoms with Crippen molar-refractivity contribution in [3.05, 3.63) is 28.6 Å². The third-order valence-electron chi connectivity index (χ3n) is 3.23. The summed E-state index contributed by atoms with van der Waals surface area (Å²) in [5.74, 6) is -1.00. The summed E-state index contributed by atoms with van der Waals surface area (Å²) in [7, 11) is 0. The van der Waals surface area contributed by atoms with Crippen molar-refractivity contribution in [2.45, 2.75) is 25.3 Å². The van der Waals surface area contributed by atoms with Crippen LogP contribution >= 0.6 is 0 Å². The van der Waals surface area contributed by atoms with Crippen LogP contribution in [0.4, 0.5) is 11.4 Å². The second kappa shape index (κ2) is 4.25. The molecule has 0 aromatic carbocycles. The molecule has 2 N–H and O–H groups in total. The SMILES string of the molecule is CC(Nc1ccncc1[N+](=O)[O-])(C(=O)O)C1CC1. The highest BCUT2D eigenvalue weighted by Gasteiger charge is 2.48. The lowest BCUT2D eigenvalue weighted by atomic mass is 9.95. The van der Waals surface area contributed by atoms with Gasteiger partial charge in [-0.2, -0.15) is 0 Å². The van der Waals surface area contributed by atoms with E-state index >= 15 is 0 Å². The molecule has 0 aliphatic heterocycles. The van der Waals surface area contributed by atoms with Gasteiger partial charge in [-0.05, 0) is 31.7 Å². The van der Waals surface area contributed by atoms with Crippen LogP contribution in [0.1, 0.15) is 19.8 Å². The van der Waals surface area contributed by atoms with Gasteiger partial charge in [-0.25, -0.2) is 4.79 Å². The molecule has 0 bridgehead atoms. The van der Waals surface area contributed by atoms with Crippen LogP contribution < -0.4 is 5.32 Å². The number of nitrogens with one attached hydrogen (secondary N) is 1. The molecular weight excluding hydrogens is 238 g/mol. The molecule has 7 heteroatoms. The van der Waals surface area contributed by atoms with Crippen LogP contribution in [0.25, 0.3) is 0 Å². The van der Waals surface area contributed by atoms with Crippen molar-refractivity contribution in [2.24, 2.45) is 5.92 Å². The molecule has 1 aliphatic carbocycles. The first-order valence-electron chi connectivity index (χ1n) is 5.55. The molecule has 0 saturated heterocycles. The first-order valence-corrected chi connectivity index (χ1v) is 5.55. The van der Waals surface area contributed by atoms with Gasteiger partial charge in [-0.3, -0.25) is 15.1 Å². The van der Waals surface area contributed by atoms with Gasteiger partial charge in [0.05, 0.1) is 4.92 Å². The number of rotatable bonds is 5. The van der Waals surface area contributed by atoms with Crippen LogP contribution in [-0.2, 0) is 4.79 Å². The maximum absolute atomic E-state index is 11.3. The summed E-state index contributed by atoms with van der Waals surface area (Å²) < 4.78 is 0. The number of carboxylic acid groups (broad SMARTS) is 1. The van der Waals surface area contributed by atoms with Crippen LogP contribution in [0.5, 0.6) is 0 Å². The van der Waals surface area contributed by atoms with Crippen molar-refractivity contribution in [2.75, 3.05) is 5.32 Å². The molecular formula is C11H13N3O4. The van der Waals surface area contributed by atoms with E-state index in [1.807, 2.05) is 0 Å².